The predicted octanol–water partition coefficient (Wildman–Crippen LogP) is 3.83. The molecule has 34 heavy (non-hydrogen) atoms. The molecular weight excluding hydrogens is 480 g/mol. The lowest BCUT2D eigenvalue weighted by Gasteiger charge is -2.11. The number of H-pyrrole nitrogens is 1. The van der Waals surface area contributed by atoms with Crippen molar-refractivity contribution in [1.29, 1.82) is 0 Å². The van der Waals surface area contributed by atoms with Crippen molar-refractivity contribution in [1.82, 2.24) is 35.5 Å². The van der Waals surface area contributed by atoms with Crippen molar-refractivity contribution in [2.75, 3.05) is 18.4 Å². The number of amides is 1. The lowest BCUT2D eigenvalue weighted by atomic mass is 10.0. The number of rotatable bonds is 11. The van der Waals surface area contributed by atoms with Crippen molar-refractivity contribution < 1.29 is 22.4 Å². The number of anilines is 1. The first kappa shape index (κ1) is 25.4. The van der Waals surface area contributed by atoms with Crippen molar-refractivity contribution in [3.8, 4) is 0 Å². The van der Waals surface area contributed by atoms with E-state index < -0.39 is 23.5 Å². The number of imidazole rings is 1. The number of nitrogens with one attached hydrogen (secondary N) is 3. The van der Waals surface area contributed by atoms with Crippen molar-refractivity contribution in [3.05, 3.63) is 51.9 Å². The Hall–Kier alpha value is -3.22. The summed E-state index contributed by atoms with van der Waals surface area (Å²) in [5.41, 5.74) is -1.01. The van der Waals surface area contributed by atoms with E-state index in [1.165, 1.54) is 4.80 Å². The van der Waals surface area contributed by atoms with Gasteiger partial charge >= 0.3 is 6.18 Å². The first-order valence-electron chi connectivity index (χ1n) is 10.6. The molecule has 0 radical (unpaired) electrons. The van der Waals surface area contributed by atoms with Crippen LogP contribution in [0.15, 0.2) is 18.2 Å². The van der Waals surface area contributed by atoms with E-state index in [0.717, 1.165) is 25.0 Å². The number of aromatic nitrogens is 6. The average molecular weight is 503 g/mol. The number of nitrogens with zero attached hydrogens (tertiary/aromatic N) is 5. The SMILES string of the molecule is CCCCNc1nc(Cl)[nH]c1C(=O)NCCCn1nnc(Cc2cc(F)ccc2C(F)(F)F)n1. The monoisotopic (exact) mass is 502 g/mol. The predicted molar refractivity (Wildman–Crippen MR) is 116 cm³/mol. The molecule has 0 saturated heterocycles. The highest BCUT2D eigenvalue weighted by atomic mass is 35.5. The third kappa shape index (κ3) is 6.89. The lowest BCUT2D eigenvalue weighted by Crippen LogP contribution is -2.26. The molecule has 0 aliphatic rings. The van der Waals surface area contributed by atoms with E-state index in [-0.39, 0.29) is 41.9 Å². The van der Waals surface area contributed by atoms with Gasteiger partial charge in [-0.25, -0.2) is 9.37 Å². The highest BCUT2D eigenvalue weighted by Crippen LogP contribution is 2.33. The number of hydrogen-bond donors (Lipinski definition) is 3. The standard InChI is InChI=1S/C20H23ClF4N8O/c1-2-3-7-26-17-16(28-19(21)29-17)18(34)27-8-4-9-33-31-15(30-32-33)11-12-10-13(22)5-6-14(12)20(23,24)25/h5-6,10,26H,2-4,7-9,11H2,1H3,(H,27,34)(H,28,29). The summed E-state index contributed by atoms with van der Waals surface area (Å²) in [5, 5.41) is 17.5. The lowest BCUT2D eigenvalue weighted by molar-refractivity contribution is -0.138. The molecule has 9 nitrogen and oxygen atoms in total. The van der Waals surface area contributed by atoms with Crippen LogP contribution in [0.5, 0.6) is 0 Å². The maximum atomic E-state index is 13.5. The molecule has 14 heteroatoms. The Morgan fingerprint density at radius 2 is 2.03 bits per heavy atom. The van der Waals surface area contributed by atoms with Gasteiger partial charge < -0.3 is 15.6 Å². The Labute approximate surface area is 197 Å². The summed E-state index contributed by atoms with van der Waals surface area (Å²) < 4.78 is 52.9. The van der Waals surface area contributed by atoms with Crippen LogP contribution in [0, 0.1) is 5.82 Å². The summed E-state index contributed by atoms with van der Waals surface area (Å²) in [6, 6.07) is 2.26. The fraction of sp³-hybridized carbons (Fsp3) is 0.450. The van der Waals surface area contributed by atoms with Crippen LogP contribution < -0.4 is 10.6 Å². The van der Waals surface area contributed by atoms with Crippen LogP contribution in [0.25, 0.3) is 0 Å². The first-order chi connectivity index (χ1) is 16.2. The molecule has 0 bridgehead atoms. The van der Waals surface area contributed by atoms with E-state index in [0.29, 0.717) is 24.8 Å². The second-order valence-corrected chi connectivity index (χ2v) is 7.78. The normalized spacial score (nSPS) is 11.6. The first-order valence-corrected chi connectivity index (χ1v) is 10.9. The molecular formula is C20H23ClF4N8O. The number of aromatic amines is 1. The number of aryl methyl sites for hydroxylation is 1. The van der Waals surface area contributed by atoms with Gasteiger partial charge in [0.1, 0.15) is 11.5 Å². The minimum atomic E-state index is -4.62. The zero-order chi connectivity index (χ0) is 24.7. The van der Waals surface area contributed by atoms with E-state index >= 15 is 0 Å². The van der Waals surface area contributed by atoms with Gasteiger partial charge in [0.05, 0.1) is 12.1 Å². The number of hydrogen-bond acceptors (Lipinski definition) is 6. The van der Waals surface area contributed by atoms with E-state index in [9.17, 15) is 22.4 Å². The molecule has 0 unspecified atom stereocenters. The van der Waals surface area contributed by atoms with Gasteiger partial charge in [-0.05, 0) is 53.4 Å². The second kappa shape index (κ2) is 11.3. The van der Waals surface area contributed by atoms with Crippen molar-refractivity contribution in [3.63, 3.8) is 0 Å². The zero-order valence-electron chi connectivity index (χ0n) is 18.2. The van der Waals surface area contributed by atoms with Gasteiger partial charge in [-0.2, -0.15) is 18.0 Å². The van der Waals surface area contributed by atoms with E-state index in [1.807, 2.05) is 6.92 Å². The van der Waals surface area contributed by atoms with Crippen LogP contribution in [-0.2, 0) is 19.1 Å². The molecule has 3 N–H and O–H groups in total. The third-order valence-corrected chi connectivity index (χ3v) is 4.94. The van der Waals surface area contributed by atoms with Gasteiger partial charge in [0.25, 0.3) is 5.91 Å². The molecule has 184 valence electrons. The number of unbranched alkanes of at least 4 members (excludes halogenated alkanes) is 1. The van der Waals surface area contributed by atoms with Crippen LogP contribution in [0.1, 0.15) is 53.6 Å². The maximum Gasteiger partial charge on any atom is 0.416 e. The van der Waals surface area contributed by atoms with E-state index in [2.05, 4.69) is 36.0 Å². The third-order valence-electron chi connectivity index (χ3n) is 4.76. The smallest absolute Gasteiger partial charge is 0.368 e. The highest BCUT2D eigenvalue weighted by Gasteiger charge is 2.33. The Morgan fingerprint density at radius 1 is 1.24 bits per heavy atom. The number of tetrazole rings is 1. The number of halogens is 5. The average Bonchev–Trinajstić information content (AvgIpc) is 3.36. The topological polar surface area (TPSA) is 113 Å². The van der Waals surface area contributed by atoms with Crippen molar-refractivity contribution in [2.45, 2.75) is 45.3 Å². The summed E-state index contributed by atoms with van der Waals surface area (Å²) in [6.45, 7) is 3.22. The van der Waals surface area contributed by atoms with E-state index in [1.54, 1.807) is 0 Å². The molecule has 0 aliphatic heterocycles. The summed E-state index contributed by atoms with van der Waals surface area (Å²) in [5.74, 6) is -0.783. The van der Waals surface area contributed by atoms with Crippen LogP contribution in [0.2, 0.25) is 5.28 Å². The fourth-order valence-electron chi connectivity index (χ4n) is 3.13. The van der Waals surface area contributed by atoms with Crippen LogP contribution >= 0.6 is 11.6 Å². The molecule has 1 amide bonds. The van der Waals surface area contributed by atoms with E-state index in [4.69, 9.17) is 11.6 Å². The minimum Gasteiger partial charge on any atom is -0.368 e. The molecule has 2 aromatic heterocycles. The maximum absolute atomic E-state index is 13.5. The molecule has 0 atom stereocenters. The molecule has 0 fully saturated rings. The zero-order valence-corrected chi connectivity index (χ0v) is 19.0. The quantitative estimate of drug-likeness (QED) is 0.271. The Balaban J connectivity index is 1.51. The Morgan fingerprint density at radius 3 is 2.76 bits per heavy atom. The molecule has 2 heterocycles. The van der Waals surface area contributed by atoms with Gasteiger partial charge in [-0.15, -0.1) is 10.2 Å². The summed E-state index contributed by atoms with van der Waals surface area (Å²) >= 11 is 5.87. The highest BCUT2D eigenvalue weighted by molar-refractivity contribution is 6.28. The van der Waals surface area contributed by atoms with Gasteiger partial charge in [-0.3, -0.25) is 4.79 Å². The molecule has 0 aliphatic carbocycles. The van der Waals surface area contributed by atoms with Crippen LogP contribution in [-0.4, -0.2) is 49.2 Å². The Kier molecular flexibility index (Phi) is 8.42. The summed E-state index contributed by atoms with van der Waals surface area (Å²) in [7, 11) is 0. The fourth-order valence-corrected chi connectivity index (χ4v) is 3.31. The number of benzene rings is 1. The van der Waals surface area contributed by atoms with Crippen molar-refractivity contribution >= 4 is 23.3 Å². The molecule has 3 aromatic rings. The van der Waals surface area contributed by atoms with Crippen LogP contribution in [0.3, 0.4) is 0 Å². The molecule has 0 spiro atoms. The molecule has 3 rings (SSSR count). The van der Waals surface area contributed by atoms with Gasteiger partial charge in [0.2, 0.25) is 5.28 Å². The molecule has 1 aromatic carbocycles. The minimum absolute atomic E-state index is 0.0232. The van der Waals surface area contributed by atoms with Gasteiger partial charge in [0.15, 0.2) is 11.6 Å². The summed E-state index contributed by atoms with van der Waals surface area (Å²) in [4.78, 5) is 20.4. The van der Waals surface area contributed by atoms with Gasteiger partial charge in [0, 0.05) is 19.5 Å². The van der Waals surface area contributed by atoms with Crippen molar-refractivity contribution in [2.24, 2.45) is 0 Å². The Bertz CT molecular complexity index is 1110. The molecule has 0 saturated carbocycles. The van der Waals surface area contributed by atoms with Gasteiger partial charge in [-0.1, -0.05) is 13.3 Å². The van der Waals surface area contributed by atoms with Crippen LogP contribution in [0.4, 0.5) is 23.4 Å². The number of carbonyl (C=O) groups excluding carboxylic acids is 1. The second-order valence-electron chi connectivity index (χ2n) is 7.42. The summed E-state index contributed by atoms with van der Waals surface area (Å²) in [6.07, 6.45) is -2.62. The largest absolute Gasteiger partial charge is 0.416 e. The number of carbonyl (C=O) groups is 1. The number of alkyl halides is 3.